The minimum absolute atomic E-state index is 0.00888. The van der Waals surface area contributed by atoms with Gasteiger partial charge in [-0.05, 0) is 59.4 Å². The maximum absolute atomic E-state index is 13.9. The highest BCUT2D eigenvalue weighted by molar-refractivity contribution is 5.95. The molecule has 4 rings (SSSR count). The van der Waals surface area contributed by atoms with E-state index in [1.165, 1.54) is 24.3 Å². The molecule has 3 amide bonds. The van der Waals surface area contributed by atoms with Crippen LogP contribution in [0, 0.1) is 5.92 Å². The lowest BCUT2D eigenvalue weighted by Gasteiger charge is -2.26. The van der Waals surface area contributed by atoms with Crippen molar-refractivity contribution < 1.29 is 34.5 Å². The number of carboxylic acids is 1. The van der Waals surface area contributed by atoms with Gasteiger partial charge < -0.3 is 42.0 Å². The molecule has 4 unspecified atom stereocenters. The van der Waals surface area contributed by atoms with Crippen LogP contribution in [-0.2, 0) is 38.4 Å². The molecule has 4 aromatic rings. The number of aromatic amines is 1. The minimum Gasteiger partial charge on any atom is -0.508 e. The molecule has 0 aliphatic heterocycles. The first-order valence-electron chi connectivity index (χ1n) is 14.9. The summed E-state index contributed by atoms with van der Waals surface area (Å²) < 4.78 is 0. The van der Waals surface area contributed by atoms with Crippen LogP contribution in [0.4, 0.5) is 0 Å². The molecule has 1 aromatic heterocycles. The Morgan fingerprint density at radius 2 is 1.24 bits per heavy atom. The number of hydrogen-bond donors (Lipinski definition) is 8. The number of carbonyl (C=O) groups is 4. The smallest absolute Gasteiger partial charge is 0.326 e. The van der Waals surface area contributed by atoms with Crippen molar-refractivity contribution in [3.63, 3.8) is 0 Å². The summed E-state index contributed by atoms with van der Waals surface area (Å²) >= 11 is 0. The molecule has 0 saturated carbocycles. The Labute approximate surface area is 266 Å². The second kappa shape index (κ2) is 15.1. The van der Waals surface area contributed by atoms with Gasteiger partial charge in [-0.15, -0.1) is 0 Å². The van der Waals surface area contributed by atoms with Crippen LogP contribution in [0.2, 0.25) is 0 Å². The highest BCUT2D eigenvalue weighted by atomic mass is 16.4. The molecule has 242 valence electrons. The molecule has 12 heteroatoms. The summed E-state index contributed by atoms with van der Waals surface area (Å²) in [6, 6.07) is 15.2. The second-order valence-electron chi connectivity index (χ2n) is 11.6. The molecule has 1 heterocycles. The number of nitrogens with one attached hydrogen (secondary N) is 4. The van der Waals surface area contributed by atoms with Crippen LogP contribution in [0.1, 0.15) is 30.5 Å². The van der Waals surface area contributed by atoms with E-state index < -0.39 is 53.8 Å². The van der Waals surface area contributed by atoms with Gasteiger partial charge in [0, 0.05) is 29.9 Å². The number of aliphatic carboxylic acids is 1. The molecule has 0 fully saturated rings. The van der Waals surface area contributed by atoms with E-state index in [2.05, 4.69) is 20.9 Å². The fourth-order valence-corrected chi connectivity index (χ4v) is 5.10. The molecule has 0 aliphatic carbocycles. The third kappa shape index (κ3) is 8.85. The lowest BCUT2D eigenvalue weighted by Crippen LogP contribution is -2.58. The molecule has 3 aromatic carbocycles. The molecule has 0 bridgehead atoms. The van der Waals surface area contributed by atoms with Crippen LogP contribution in [0.5, 0.6) is 11.5 Å². The van der Waals surface area contributed by atoms with Gasteiger partial charge in [-0.3, -0.25) is 14.4 Å². The molecule has 0 spiro atoms. The first-order valence-corrected chi connectivity index (χ1v) is 14.9. The van der Waals surface area contributed by atoms with Gasteiger partial charge in [-0.1, -0.05) is 56.3 Å². The van der Waals surface area contributed by atoms with Crippen molar-refractivity contribution in [2.75, 3.05) is 0 Å². The number of hydrogen-bond acceptors (Lipinski definition) is 7. The molecular formula is C34H39N5O7. The molecule has 9 N–H and O–H groups in total. The summed E-state index contributed by atoms with van der Waals surface area (Å²) in [5.41, 5.74) is 9.06. The van der Waals surface area contributed by atoms with Crippen LogP contribution in [0.3, 0.4) is 0 Å². The van der Waals surface area contributed by atoms with E-state index in [-0.39, 0.29) is 30.8 Å². The third-order valence-corrected chi connectivity index (χ3v) is 7.70. The van der Waals surface area contributed by atoms with Crippen molar-refractivity contribution in [3.8, 4) is 11.5 Å². The molecule has 46 heavy (non-hydrogen) atoms. The minimum atomic E-state index is -1.21. The Kier molecular flexibility index (Phi) is 11.0. The molecule has 0 aliphatic rings. The lowest BCUT2D eigenvalue weighted by atomic mass is 10.00. The van der Waals surface area contributed by atoms with Gasteiger partial charge in [0.2, 0.25) is 17.7 Å². The van der Waals surface area contributed by atoms with E-state index in [9.17, 15) is 34.5 Å². The van der Waals surface area contributed by atoms with E-state index in [0.29, 0.717) is 11.1 Å². The zero-order valence-corrected chi connectivity index (χ0v) is 25.6. The zero-order valence-electron chi connectivity index (χ0n) is 25.6. The maximum Gasteiger partial charge on any atom is 0.326 e. The Balaban J connectivity index is 1.59. The van der Waals surface area contributed by atoms with Gasteiger partial charge in [0.05, 0.1) is 6.04 Å². The predicted molar refractivity (Wildman–Crippen MR) is 172 cm³/mol. The monoisotopic (exact) mass is 629 g/mol. The normalized spacial score (nSPS) is 13.8. The number of fused-ring (bicyclic) bond motifs is 1. The van der Waals surface area contributed by atoms with Crippen molar-refractivity contribution in [1.82, 2.24) is 20.9 Å². The van der Waals surface area contributed by atoms with E-state index in [1.54, 1.807) is 44.3 Å². The van der Waals surface area contributed by atoms with Gasteiger partial charge >= 0.3 is 5.97 Å². The van der Waals surface area contributed by atoms with Gasteiger partial charge in [-0.2, -0.15) is 0 Å². The molecular weight excluding hydrogens is 590 g/mol. The van der Waals surface area contributed by atoms with Gasteiger partial charge in [0.1, 0.15) is 29.6 Å². The van der Waals surface area contributed by atoms with Crippen LogP contribution in [0.25, 0.3) is 10.9 Å². The van der Waals surface area contributed by atoms with Crippen molar-refractivity contribution >= 4 is 34.6 Å². The molecule has 0 radical (unpaired) electrons. The number of amides is 3. The van der Waals surface area contributed by atoms with E-state index in [1.807, 2.05) is 24.3 Å². The van der Waals surface area contributed by atoms with Gasteiger partial charge in [0.25, 0.3) is 0 Å². The summed E-state index contributed by atoms with van der Waals surface area (Å²) in [6.07, 6.45) is 1.91. The Morgan fingerprint density at radius 3 is 1.83 bits per heavy atom. The number of phenols is 2. The second-order valence-corrected chi connectivity index (χ2v) is 11.6. The van der Waals surface area contributed by atoms with Crippen molar-refractivity contribution in [3.05, 3.63) is 95.7 Å². The summed E-state index contributed by atoms with van der Waals surface area (Å²) in [4.78, 5) is 55.7. The predicted octanol–water partition coefficient (Wildman–Crippen LogP) is 2.13. The molecule has 0 saturated heterocycles. The van der Waals surface area contributed by atoms with Crippen molar-refractivity contribution in [1.29, 1.82) is 0 Å². The standard InChI is InChI=1S/C34H39N5O7/c1-19(2)30(34(45)46)39-33(44)29(17-22-18-36-27-6-4-3-5-25(22)27)38-32(43)28(16-21-9-13-24(41)14-10-21)37-31(42)26(35)15-20-7-11-23(40)12-8-20/h3-14,18-19,26,28-30,36,40-41H,15-17,35H2,1-2H3,(H,37,42)(H,38,43)(H,39,44)(H,45,46). The number of aromatic nitrogens is 1. The number of para-hydroxylation sites is 1. The lowest BCUT2D eigenvalue weighted by molar-refractivity contribution is -0.143. The van der Waals surface area contributed by atoms with E-state index >= 15 is 0 Å². The molecule has 12 nitrogen and oxygen atoms in total. The number of carboxylic acid groups (broad SMARTS) is 1. The van der Waals surface area contributed by atoms with Crippen LogP contribution < -0.4 is 21.7 Å². The number of aromatic hydroxyl groups is 2. The summed E-state index contributed by atoms with van der Waals surface area (Å²) in [5.74, 6) is -3.54. The number of nitrogens with two attached hydrogens (primary N) is 1. The van der Waals surface area contributed by atoms with Crippen molar-refractivity contribution in [2.45, 2.75) is 57.3 Å². The average Bonchev–Trinajstić information content (AvgIpc) is 3.43. The first kappa shape index (κ1) is 33.5. The van der Waals surface area contributed by atoms with Crippen LogP contribution in [0.15, 0.2) is 79.0 Å². The maximum atomic E-state index is 13.9. The highest BCUT2D eigenvalue weighted by Crippen LogP contribution is 2.20. The number of H-pyrrole nitrogens is 1. The van der Waals surface area contributed by atoms with Gasteiger partial charge in [0.15, 0.2) is 0 Å². The van der Waals surface area contributed by atoms with Crippen LogP contribution >= 0.6 is 0 Å². The number of rotatable bonds is 14. The zero-order chi connectivity index (χ0) is 33.4. The largest absolute Gasteiger partial charge is 0.508 e. The fraction of sp³-hybridized carbons (Fsp3) is 0.294. The number of carbonyl (C=O) groups excluding carboxylic acids is 3. The quantitative estimate of drug-likeness (QED) is 0.103. The Hall–Kier alpha value is -5.36. The number of benzene rings is 3. The van der Waals surface area contributed by atoms with Crippen molar-refractivity contribution in [2.24, 2.45) is 11.7 Å². The number of phenolic OH excluding ortho intramolecular Hbond substituents is 2. The average molecular weight is 630 g/mol. The first-order chi connectivity index (χ1) is 21.9. The van der Waals surface area contributed by atoms with E-state index in [0.717, 1.165) is 16.5 Å². The van der Waals surface area contributed by atoms with E-state index in [4.69, 9.17) is 5.73 Å². The molecule has 4 atom stereocenters. The highest BCUT2D eigenvalue weighted by Gasteiger charge is 2.32. The third-order valence-electron chi connectivity index (χ3n) is 7.70. The Bertz CT molecular complexity index is 1670. The topological polar surface area (TPSA) is 207 Å². The summed E-state index contributed by atoms with van der Waals surface area (Å²) in [6.45, 7) is 3.33. The van der Waals surface area contributed by atoms with Gasteiger partial charge in [-0.25, -0.2) is 4.79 Å². The van der Waals surface area contributed by atoms with Crippen LogP contribution in [-0.4, -0.2) is 68.2 Å². The fourth-order valence-electron chi connectivity index (χ4n) is 5.10. The Morgan fingerprint density at radius 1 is 0.717 bits per heavy atom. The SMILES string of the molecule is CC(C)C(NC(=O)C(Cc1c[nH]c2ccccc12)NC(=O)C(Cc1ccc(O)cc1)NC(=O)C(N)Cc1ccc(O)cc1)C(=O)O. The summed E-state index contributed by atoms with van der Waals surface area (Å²) in [7, 11) is 0. The summed E-state index contributed by atoms with van der Waals surface area (Å²) in [5, 5.41) is 37.8.